The molecule has 1 saturated heterocycles. The Balaban J connectivity index is 0.00000338. The number of nitrogens with zero attached hydrogens (tertiary/aromatic N) is 2. The summed E-state index contributed by atoms with van der Waals surface area (Å²) in [6, 6.07) is 5.76. The first-order valence-corrected chi connectivity index (χ1v) is 9.56. The van der Waals surface area contributed by atoms with Gasteiger partial charge in [-0.1, -0.05) is 36.2 Å². The van der Waals surface area contributed by atoms with E-state index >= 15 is 0 Å². The first-order chi connectivity index (χ1) is 12.0. The number of aliphatic imine (C=N–C) groups is 1. The highest BCUT2D eigenvalue weighted by molar-refractivity contribution is 14.0. The Morgan fingerprint density at radius 2 is 2.00 bits per heavy atom. The number of guanidine groups is 1. The number of carbonyl (C=O) groups is 1. The molecule has 5 nitrogen and oxygen atoms in total. The van der Waals surface area contributed by atoms with Crippen LogP contribution in [0.4, 0.5) is 0 Å². The van der Waals surface area contributed by atoms with Crippen molar-refractivity contribution in [1.29, 1.82) is 0 Å². The zero-order chi connectivity index (χ0) is 18.2. The standard InChI is InChI=1S/C18H26Cl2N4O.HI/c1-3-17(25)24-11-9-13(12-24)23-18(21-4-2)22-10-8-14-15(19)6-5-7-16(14)20;/h5-7,13H,3-4,8-12H2,1-2H3,(H2,21,22,23);1H. The predicted octanol–water partition coefficient (Wildman–Crippen LogP) is 3.72. The molecule has 1 aromatic rings. The maximum Gasteiger partial charge on any atom is 0.222 e. The van der Waals surface area contributed by atoms with E-state index in [4.69, 9.17) is 23.2 Å². The summed E-state index contributed by atoms with van der Waals surface area (Å²) in [6.45, 7) is 6.83. The summed E-state index contributed by atoms with van der Waals surface area (Å²) in [5.74, 6) is 0.973. The number of rotatable bonds is 6. The average molecular weight is 513 g/mol. The Bertz CT molecular complexity index is 607. The minimum Gasteiger partial charge on any atom is -0.357 e. The summed E-state index contributed by atoms with van der Waals surface area (Å²) in [5, 5.41) is 8.02. The van der Waals surface area contributed by atoms with E-state index in [0.29, 0.717) is 29.4 Å². The molecule has 0 saturated carbocycles. The van der Waals surface area contributed by atoms with Gasteiger partial charge in [0.2, 0.25) is 5.91 Å². The van der Waals surface area contributed by atoms with Crippen molar-refractivity contribution in [2.75, 3.05) is 26.2 Å². The van der Waals surface area contributed by atoms with Crippen LogP contribution in [0.15, 0.2) is 23.2 Å². The Morgan fingerprint density at radius 1 is 1.31 bits per heavy atom. The molecule has 8 heteroatoms. The molecule has 1 fully saturated rings. The molecule has 1 aromatic carbocycles. The highest BCUT2D eigenvalue weighted by Gasteiger charge is 2.25. The van der Waals surface area contributed by atoms with E-state index in [1.54, 1.807) is 0 Å². The van der Waals surface area contributed by atoms with E-state index in [1.807, 2.05) is 36.9 Å². The van der Waals surface area contributed by atoms with E-state index in [2.05, 4.69) is 15.6 Å². The molecule has 0 spiro atoms. The van der Waals surface area contributed by atoms with Crippen LogP contribution in [0.3, 0.4) is 0 Å². The van der Waals surface area contributed by atoms with Crippen molar-refractivity contribution in [2.45, 2.75) is 39.2 Å². The van der Waals surface area contributed by atoms with Crippen LogP contribution in [0.5, 0.6) is 0 Å². The molecule has 1 amide bonds. The highest BCUT2D eigenvalue weighted by atomic mass is 127. The van der Waals surface area contributed by atoms with Gasteiger partial charge >= 0.3 is 0 Å². The second-order valence-corrected chi connectivity index (χ2v) is 6.85. The van der Waals surface area contributed by atoms with Gasteiger partial charge in [0.25, 0.3) is 0 Å². The molecule has 1 atom stereocenters. The zero-order valence-corrected chi connectivity index (χ0v) is 19.1. The van der Waals surface area contributed by atoms with Gasteiger partial charge in [0.15, 0.2) is 5.96 Å². The first-order valence-electron chi connectivity index (χ1n) is 8.80. The van der Waals surface area contributed by atoms with Crippen molar-refractivity contribution in [3.05, 3.63) is 33.8 Å². The van der Waals surface area contributed by atoms with Gasteiger partial charge in [-0.3, -0.25) is 9.79 Å². The van der Waals surface area contributed by atoms with Gasteiger partial charge in [0.05, 0.1) is 0 Å². The number of halogens is 3. The second kappa shape index (κ2) is 11.9. The Morgan fingerprint density at radius 3 is 2.62 bits per heavy atom. The second-order valence-electron chi connectivity index (χ2n) is 6.03. The van der Waals surface area contributed by atoms with Crippen molar-refractivity contribution in [2.24, 2.45) is 4.99 Å². The fourth-order valence-electron chi connectivity index (χ4n) is 2.89. The van der Waals surface area contributed by atoms with Gasteiger partial charge < -0.3 is 15.5 Å². The molecule has 0 aromatic heterocycles. The van der Waals surface area contributed by atoms with Crippen LogP contribution in [0.25, 0.3) is 0 Å². The van der Waals surface area contributed by atoms with Crippen LogP contribution >= 0.6 is 47.2 Å². The summed E-state index contributed by atoms with van der Waals surface area (Å²) in [4.78, 5) is 18.3. The topological polar surface area (TPSA) is 56.7 Å². The molecule has 2 rings (SSSR count). The first kappa shape index (κ1) is 23.3. The lowest BCUT2D eigenvalue weighted by Gasteiger charge is -2.18. The number of benzene rings is 1. The van der Waals surface area contributed by atoms with Gasteiger partial charge in [-0.05, 0) is 37.5 Å². The van der Waals surface area contributed by atoms with E-state index in [9.17, 15) is 4.79 Å². The highest BCUT2D eigenvalue weighted by Crippen LogP contribution is 2.24. The zero-order valence-electron chi connectivity index (χ0n) is 15.2. The van der Waals surface area contributed by atoms with Crippen LogP contribution in [0.1, 0.15) is 32.3 Å². The van der Waals surface area contributed by atoms with Crippen molar-refractivity contribution in [3.63, 3.8) is 0 Å². The summed E-state index contributed by atoms with van der Waals surface area (Å²) < 4.78 is 0. The van der Waals surface area contributed by atoms with E-state index in [0.717, 1.165) is 37.6 Å². The van der Waals surface area contributed by atoms with Crippen LogP contribution < -0.4 is 10.6 Å². The third kappa shape index (κ3) is 6.78. The molecule has 26 heavy (non-hydrogen) atoms. The number of hydrogen-bond donors (Lipinski definition) is 2. The lowest BCUT2D eigenvalue weighted by atomic mass is 10.1. The molecule has 1 unspecified atom stereocenters. The molecule has 0 radical (unpaired) electrons. The smallest absolute Gasteiger partial charge is 0.222 e. The van der Waals surface area contributed by atoms with Gasteiger partial charge in [-0.25, -0.2) is 0 Å². The molecular formula is C18H27Cl2IN4O. The van der Waals surface area contributed by atoms with Crippen LogP contribution in [-0.4, -0.2) is 49.0 Å². The average Bonchev–Trinajstić information content (AvgIpc) is 3.05. The quantitative estimate of drug-likeness (QED) is 0.347. The lowest BCUT2D eigenvalue weighted by molar-refractivity contribution is -0.129. The van der Waals surface area contributed by atoms with Crippen molar-refractivity contribution in [3.8, 4) is 0 Å². The Labute approximate surface area is 182 Å². The van der Waals surface area contributed by atoms with Gasteiger partial charge in [0, 0.05) is 48.7 Å². The van der Waals surface area contributed by atoms with E-state index in [-0.39, 0.29) is 35.9 Å². The maximum atomic E-state index is 11.8. The monoisotopic (exact) mass is 512 g/mol. The number of hydrogen-bond acceptors (Lipinski definition) is 2. The number of amides is 1. The molecule has 1 aliphatic rings. The Kier molecular flexibility index (Phi) is 10.6. The van der Waals surface area contributed by atoms with Crippen molar-refractivity contribution < 1.29 is 4.79 Å². The normalized spacial score (nSPS) is 17.0. The van der Waals surface area contributed by atoms with Crippen LogP contribution in [0.2, 0.25) is 10.0 Å². The molecule has 146 valence electrons. The lowest BCUT2D eigenvalue weighted by Crippen LogP contribution is -2.45. The molecule has 2 N–H and O–H groups in total. The largest absolute Gasteiger partial charge is 0.357 e. The van der Waals surface area contributed by atoms with Crippen LogP contribution in [-0.2, 0) is 11.2 Å². The minimum atomic E-state index is 0. The van der Waals surface area contributed by atoms with Crippen molar-refractivity contribution in [1.82, 2.24) is 15.5 Å². The SMILES string of the molecule is CCNC(=NCCc1c(Cl)cccc1Cl)NC1CCN(C(=O)CC)C1.I. The third-order valence-corrected chi connectivity index (χ3v) is 4.93. The van der Waals surface area contributed by atoms with Gasteiger partial charge in [-0.15, -0.1) is 24.0 Å². The summed E-state index contributed by atoms with van der Waals surface area (Å²) >= 11 is 12.4. The molecule has 1 aliphatic heterocycles. The fraction of sp³-hybridized carbons (Fsp3) is 0.556. The third-order valence-electron chi connectivity index (χ3n) is 4.22. The predicted molar refractivity (Wildman–Crippen MR) is 120 cm³/mol. The number of carbonyl (C=O) groups excluding carboxylic acids is 1. The molecule has 0 aliphatic carbocycles. The van der Waals surface area contributed by atoms with Crippen LogP contribution in [0, 0.1) is 0 Å². The van der Waals surface area contributed by atoms with Gasteiger partial charge in [0.1, 0.15) is 0 Å². The van der Waals surface area contributed by atoms with E-state index < -0.39 is 0 Å². The Hall–Kier alpha value is -0.730. The summed E-state index contributed by atoms with van der Waals surface area (Å²) in [5.41, 5.74) is 0.922. The summed E-state index contributed by atoms with van der Waals surface area (Å²) in [6.07, 6.45) is 2.17. The van der Waals surface area contributed by atoms with Gasteiger partial charge in [-0.2, -0.15) is 0 Å². The van der Waals surface area contributed by atoms with Crippen molar-refractivity contribution >= 4 is 59.0 Å². The molecular weight excluding hydrogens is 486 g/mol. The maximum absolute atomic E-state index is 11.8. The minimum absolute atomic E-state index is 0. The molecule has 1 heterocycles. The fourth-order valence-corrected chi connectivity index (χ4v) is 3.48. The van der Waals surface area contributed by atoms with E-state index in [1.165, 1.54) is 0 Å². The summed E-state index contributed by atoms with van der Waals surface area (Å²) in [7, 11) is 0. The molecule has 0 bridgehead atoms. The number of nitrogens with one attached hydrogen (secondary N) is 2. The number of likely N-dealkylation sites (tertiary alicyclic amines) is 1.